The molecule has 0 aliphatic rings. The van der Waals surface area contributed by atoms with Crippen LogP contribution in [0.5, 0.6) is 0 Å². The van der Waals surface area contributed by atoms with Crippen molar-refractivity contribution in [1.29, 1.82) is 0 Å². The first-order chi connectivity index (χ1) is 13.9. The molecule has 0 aromatic heterocycles. The lowest BCUT2D eigenvalue weighted by Crippen LogP contribution is -2.17. The zero-order chi connectivity index (χ0) is 20.8. The standard InChI is InChI=1S/C21H16ClN3O3S/c1-14-5-8-19(9-6-14)29-20-10-7-18(25(27)28)12-16(20)13-23-24-21(26)15-3-2-4-17(22)11-15/h2-13H,1H3,(H,24,26)/b23-13+. The molecule has 0 spiro atoms. The van der Waals surface area contributed by atoms with Crippen LogP contribution in [0, 0.1) is 17.0 Å². The maximum Gasteiger partial charge on any atom is 0.271 e. The van der Waals surface area contributed by atoms with Crippen LogP contribution >= 0.6 is 23.4 Å². The molecule has 3 aromatic carbocycles. The second-order valence-corrected chi connectivity index (χ2v) is 7.66. The minimum Gasteiger partial charge on any atom is -0.267 e. The Morgan fingerprint density at radius 2 is 1.90 bits per heavy atom. The van der Waals surface area contributed by atoms with E-state index in [4.69, 9.17) is 11.6 Å². The van der Waals surface area contributed by atoms with Gasteiger partial charge in [0.15, 0.2) is 0 Å². The lowest BCUT2D eigenvalue weighted by atomic mass is 10.2. The lowest BCUT2D eigenvalue weighted by Gasteiger charge is -2.06. The number of carbonyl (C=O) groups is 1. The SMILES string of the molecule is Cc1ccc(Sc2ccc([N+](=O)[O-])cc2/C=N/NC(=O)c2cccc(Cl)c2)cc1. The van der Waals surface area contributed by atoms with Crippen LogP contribution in [0.3, 0.4) is 0 Å². The predicted molar refractivity (Wildman–Crippen MR) is 115 cm³/mol. The van der Waals surface area contributed by atoms with Crippen molar-refractivity contribution in [2.45, 2.75) is 16.7 Å². The number of benzene rings is 3. The van der Waals surface area contributed by atoms with E-state index in [1.165, 1.54) is 36.2 Å². The molecule has 0 saturated carbocycles. The first kappa shape index (κ1) is 20.6. The quantitative estimate of drug-likeness (QED) is 0.322. The van der Waals surface area contributed by atoms with E-state index in [9.17, 15) is 14.9 Å². The third kappa shape index (κ3) is 5.66. The maximum atomic E-state index is 12.2. The summed E-state index contributed by atoms with van der Waals surface area (Å²) >= 11 is 7.34. The first-order valence-electron chi connectivity index (χ1n) is 8.54. The molecule has 3 aromatic rings. The topological polar surface area (TPSA) is 84.6 Å². The number of amides is 1. The largest absolute Gasteiger partial charge is 0.271 e. The van der Waals surface area contributed by atoms with Crippen LogP contribution in [0.1, 0.15) is 21.5 Å². The number of hydrazone groups is 1. The van der Waals surface area contributed by atoms with Crippen molar-refractivity contribution in [3.05, 3.63) is 98.6 Å². The average Bonchev–Trinajstić information content (AvgIpc) is 2.70. The molecule has 0 fully saturated rings. The molecule has 0 heterocycles. The molecule has 0 radical (unpaired) electrons. The van der Waals surface area contributed by atoms with E-state index in [1.807, 2.05) is 31.2 Å². The third-order valence-corrected chi connectivity index (χ3v) is 5.24. The number of carbonyl (C=O) groups excluding carboxylic acids is 1. The Labute approximate surface area is 176 Å². The second-order valence-electron chi connectivity index (χ2n) is 6.10. The molecule has 29 heavy (non-hydrogen) atoms. The minimum absolute atomic E-state index is 0.0547. The van der Waals surface area contributed by atoms with Gasteiger partial charge in [-0.15, -0.1) is 0 Å². The van der Waals surface area contributed by atoms with Crippen molar-refractivity contribution in [1.82, 2.24) is 5.43 Å². The Bertz CT molecular complexity index is 1080. The van der Waals surface area contributed by atoms with Crippen molar-refractivity contribution in [3.8, 4) is 0 Å². The number of nitro benzene ring substituents is 1. The van der Waals surface area contributed by atoms with Gasteiger partial charge in [-0.25, -0.2) is 5.43 Å². The van der Waals surface area contributed by atoms with Crippen LogP contribution in [0.15, 0.2) is 81.6 Å². The highest BCUT2D eigenvalue weighted by molar-refractivity contribution is 7.99. The van der Waals surface area contributed by atoms with Crippen LogP contribution in [0.2, 0.25) is 5.02 Å². The monoisotopic (exact) mass is 425 g/mol. The van der Waals surface area contributed by atoms with E-state index in [1.54, 1.807) is 24.3 Å². The van der Waals surface area contributed by atoms with Gasteiger partial charge in [-0.2, -0.15) is 5.10 Å². The summed E-state index contributed by atoms with van der Waals surface area (Å²) in [5, 5.41) is 15.5. The summed E-state index contributed by atoms with van der Waals surface area (Å²) in [5.41, 5.74) is 4.39. The van der Waals surface area contributed by atoms with E-state index in [-0.39, 0.29) is 5.69 Å². The van der Waals surface area contributed by atoms with Crippen LogP contribution in [0.4, 0.5) is 5.69 Å². The Morgan fingerprint density at radius 1 is 1.14 bits per heavy atom. The lowest BCUT2D eigenvalue weighted by molar-refractivity contribution is -0.384. The summed E-state index contributed by atoms with van der Waals surface area (Å²) < 4.78 is 0. The van der Waals surface area contributed by atoms with E-state index in [0.29, 0.717) is 16.1 Å². The molecule has 1 N–H and O–H groups in total. The Morgan fingerprint density at radius 3 is 2.59 bits per heavy atom. The molecule has 0 unspecified atom stereocenters. The van der Waals surface area contributed by atoms with Gasteiger partial charge in [-0.3, -0.25) is 14.9 Å². The fraction of sp³-hybridized carbons (Fsp3) is 0.0476. The summed E-state index contributed by atoms with van der Waals surface area (Å²) in [6.07, 6.45) is 1.39. The number of aryl methyl sites for hydroxylation is 1. The number of halogens is 1. The predicted octanol–water partition coefficient (Wildman–Crippen LogP) is 5.47. The summed E-state index contributed by atoms with van der Waals surface area (Å²) in [7, 11) is 0. The highest BCUT2D eigenvalue weighted by Crippen LogP contribution is 2.32. The van der Waals surface area contributed by atoms with Crippen LogP contribution in [0.25, 0.3) is 0 Å². The van der Waals surface area contributed by atoms with E-state index in [2.05, 4.69) is 10.5 Å². The van der Waals surface area contributed by atoms with E-state index < -0.39 is 10.8 Å². The number of rotatable bonds is 6. The molecular formula is C21H16ClN3O3S. The van der Waals surface area contributed by atoms with Gasteiger partial charge in [0, 0.05) is 38.1 Å². The fourth-order valence-corrected chi connectivity index (χ4v) is 3.51. The number of nitro groups is 1. The molecule has 0 atom stereocenters. The van der Waals surface area contributed by atoms with Crippen molar-refractivity contribution in [3.63, 3.8) is 0 Å². The molecule has 0 aliphatic heterocycles. The molecular weight excluding hydrogens is 410 g/mol. The summed E-state index contributed by atoms with van der Waals surface area (Å²) in [6, 6.07) is 18.9. The molecule has 8 heteroatoms. The molecule has 1 amide bonds. The highest BCUT2D eigenvalue weighted by atomic mass is 35.5. The molecule has 6 nitrogen and oxygen atoms in total. The number of hydrogen-bond donors (Lipinski definition) is 1. The van der Waals surface area contributed by atoms with Crippen LogP contribution in [-0.4, -0.2) is 17.0 Å². The van der Waals surface area contributed by atoms with Gasteiger partial charge >= 0.3 is 0 Å². The molecule has 3 rings (SSSR count). The van der Waals surface area contributed by atoms with E-state index in [0.717, 1.165) is 15.4 Å². The third-order valence-electron chi connectivity index (χ3n) is 3.91. The number of hydrogen-bond acceptors (Lipinski definition) is 5. The van der Waals surface area contributed by atoms with E-state index >= 15 is 0 Å². The zero-order valence-electron chi connectivity index (χ0n) is 15.3. The van der Waals surface area contributed by atoms with Gasteiger partial charge in [0.2, 0.25) is 0 Å². The van der Waals surface area contributed by atoms with Crippen molar-refractivity contribution < 1.29 is 9.72 Å². The number of nitrogens with zero attached hydrogens (tertiary/aromatic N) is 2. The Hall–Kier alpha value is -3.16. The zero-order valence-corrected chi connectivity index (χ0v) is 16.9. The van der Waals surface area contributed by atoms with Gasteiger partial charge in [0.05, 0.1) is 11.1 Å². The van der Waals surface area contributed by atoms with Gasteiger partial charge in [-0.05, 0) is 43.3 Å². The molecule has 0 bridgehead atoms. The van der Waals surface area contributed by atoms with Crippen LogP contribution in [-0.2, 0) is 0 Å². The Balaban J connectivity index is 1.82. The summed E-state index contributed by atoms with van der Waals surface area (Å²) in [4.78, 5) is 24.6. The smallest absolute Gasteiger partial charge is 0.267 e. The summed E-state index contributed by atoms with van der Waals surface area (Å²) in [6.45, 7) is 2.00. The van der Waals surface area contributed by atoms with Gasteiger partial charge in [0.1, 0.15) is 0 Å². The molecule has 0 saturated heterocycles. The van der Waals surface area contributed by atoms with Gasteiger partial charge in [0.25, 0.3) is 11.6 Å². The summed E-state index contributed by atoms with van der Waals surface area (Å²) in [5.74, 6) is -0.429. The highest BCUT2D eigenvalue weighted by Gasteiger charge is 2.11. The van der Waals surface area contributed by atoms with Crippen molar-refractivity contribution >= 4 is 41.2 Å². The number of non-ortho nitro benzene ring substituents is 1. The maximum absolute atomic E-state index is 12.2. The minimum atomic E-state index is -0.470. The van der Waals surface area contributed by atoms with Crippen molar-refractivity contribution in [2.75, 3.05) is 0 Å². The molecule has 146 valence electrons. The van der Waals surface area contributed by atoms with Gasteiger partial charge < -0.3 is 0 Å². The van der Waals surface area contributed by atoms with Crippen LogP contribution < -0.4 is 5.43 Å². The van der Waals surface area contributed by atoms with Crippen molar-refractivity contribution in [2.24, 2.45) is 5.10 Å². The normalized spacial score (nSPS) is 10.8. The number of nitrogens with one attached hydrogen (secondary N) is 1. The first-order valence-corrected chi connectivity index (χ1v) is 9.74. The Kier molecular flexibility index (Phi) is 6.64. The average molecular weight is 426 g/mol. The molecule has 0 aliphatic carbocycles. The fourth-order valence-electron chi connectivity index (χ4n) is 2.43. The van der Waals surface area contributed by atoms with Gasteiger partial charge in [-0.1, -0.05) is 47.1 Å². The second kappa shape index (κ2) is 9.36.